The highest BCUT2D eigenvalue weighted by Gasteiger charge is 2.37. The Hall–Kier alpha value is -0.810. The Bertz CT molecular complexity index is 544. The summed E-state index contributed by atoms with van der Waals surface area (Å²) in [6, 6.07) is 8.06. The van der Waals surface area contributed by atoms with E-state index >= 15 is 0 Å². The summed E-state index contributed by atoms with van der Waals surface area (Å²) < 4.78 is 5.69. The van der Waals surface area contributed by atoms with Crippen molar-refractivity contribution in [3.05, 3.63) is 34.9 Å². The van der Waals surface area contributed by atoms with Crippen LogP contribution in [0.3, 0.4) is 0 Å². The van der Waals surface area contributed by atoms with E-state index in [0.717, 1.165) is 30.7 Å². The molecular formula is C18H26Cl2N2O2. The topological polar surface area (TPSA) is 64.4 Å². The summed E-state index contributed by atoms with van der Waals surface area (Å²) in [5.41, 5.74) is 6.92. The Morgan fingerprint density at radius 2 is 1.92 bits per heavy atom. The van der Waals surface area contributed by atoms with E-state index in [-0.39, 0.29) is 35.9 Å². The molecule has 1 saturated heterocycles. The first-order valence-electron chi connectivity index (χ1n) is 8.52. The van der Waals surface area contributed by atoms with Crippen LogP contribution in [0.1, 0.15) is 44.1 Å². The highest BCUT2D eigenvalue weighted by molar-refractivity contribution is 6.30. The summed E-state index contributed by atoms with van der Waals surface area (Å²) in [6.07, 6.45) is 5.94. The molecule has 2 aliphatic rings. The monoisotopic (exact) mass is 372 g/mol. The number of amides is 1. The normalized spacial score (nSPS) is 25.2. The van der Waals surface area contributed by atoms with Gasteiger partial charge in [-0.05, 0) is 43.4 Å². The Morgan fingerprint density at radius 3 is 2.50 bits per heavy atom. The maximum Gasteiger partial charge on any atom is 0.249 e. The fourth-order valence-corrected chi connectivity index (χ4v) is 3.99. The van der Waals surface area contributed by atoms with Gasteiger partial charge >= 0.3 is 0 Å². The number of rotatable bonds is 5. The van der Waals surface area contributed by atoms with Crippen molar-refractivity contribution in [2.75, 3.05) is 13.1 Å². The van der Waals surface area contributed by atoms with Crippen LogP contribution in [0.25, 0.3) is 0 Å². The molecule has 1 heterocycles. The van der Waals surface area contributed by atoms with Gasteiger partial charge < -0.3 is 15.8 Å². The summed E-state index contributed by atoms with van der Waals surface area (Å²) in [5.74, 6) is 0.00110. The first-order valence-corrected chi connectivity index (χ1v) is 8.90. The van der Waals surface area contributed by atoms with Crippen LogP contribution < -0.4 is 11.1 Å². The summed E-state index contributed by atoms with van der Waals surface area (Å²) >= 11 is 6.01. The molecular weight excluding hydrogens is 347 g/mol. The number of nitrogens with one attached hydrogen (secondary N) is 1. The molecule has 1 aliphatic carbocycles. The molecule has 3 rings (SSSR count). The molecule has 0 aromatic heterocycles. The Balaban J connectivity index is 0.00000208. The molecule has 2 fully saturated rings. The average Bonchev–Trinajstić information content (AvgIpc) is 3.23. The summed E-state index contributed by atoms with van der Waals surface area (Å²) in [4.78, 5) is 12.4. The van der Waals surface area contributed by atoms with Gasteiger partial charge in [0, 0.05) is 23.5 Å². The van der Waals surface area contributed by atoms with E-state index in [0.29, 0.717) is 13.1 Å². The quantitative estimate of drug-likeness (QED) is 0.833. The fourth-order valence-electron chi connectivity index (χ4n) is 3.86. The van der Waals surface area contributed by atoms with E-state index in [9.17, 15) is 4.79 Å². The average molecular weight is 373 g/mol. The molecule has 1 aromatic rings. The van der Waals surface area contributed by atoms with Gasteiger partial charge in [-0.3, -0.25) is 4.79 Å². The molecule has 1 aromatic carbocycles. The van der Waals surface area contributed by atoms with Crippen LogP contribution in [0.2, 0.25) is 5.02 Å². The van der Waals surface area contributed by atoms with Crippen molar-refractivity contribution in [1.29, 1.82) is 0 Å². The number of carbonyl (C=O) groups is 1. The van der Waals surface area contributed by atoms with Gasteiger partial charge in [0.2, 0.25) is 5.91 Å². The van der Waals surface area contributed by atoms with Gasteiger partial charge in [0.15, 0.2) is 0 Å². The lowest BCUT2D eigenvalue weighted by molar-refractivity contribution is -0.132. The van der Waals surface area contributed by atoms with Gasteiger partial charge in [-0.2, -0.15) is 0 Å². The second-order valence-corrected chi connectivity index (χ2v) is 7.21. The number of ether oxygens (including phenoxy) is 1. The minimum atomic E-state index is -0.341. The van der Waals surface area contributed by atoms with Crippen LogP contribution in [-0.2, 0) is 14.9 Å². The molecule has 6 heteroatoms. The van der Waals surface area contributed by atoms with E-state index in [2.05, 4.69) is 17.4 Å². The summed E-state index contributed by atoms with van der Waals surface area (Å²) in [5, 5.41) is 3.88. The van der Waals surface area contributed by atoms with Crippen molar-refractivity contribution in [2.24, 2.45) is 5.73 Å². The zero-order valence-corrected chi connectivity index (χ0v) is 15.4. The molecule has 0 bridgehead atoms. The molecule has 24 heavy (non-hydrogen) atoms. The van der Waals surface area contributed by atoms with E-state index in [4.69, 9.17) is 22.1 Å². The van der Waals surface area contributed by atoms with Crippen LogP contribution in [0.5, 0.6) is 0 Å². The number of carbonyl (C=O) groups excluding carboxylic acids is 1. The van der Waals surface area contributed by atoms with Gasteiger partial charge in [0.05, 0.1) is 6.10 Å². The predicted octanol–water partition coefficient (Wildman–Crippen LogP) is 3.20. The minimum Gasteiger partial charge on any atom is -0.364 e. The number of hydrogen-bond donors (Lipinski definition) is 2. The third-order valence-corrected chi connectivity index (χ3v) is 5.53. The summed E-state index contributed by atoms with van der Waals surface area (Å²) in [7, 11) is 0. The summed E-state index contributed by atoms with van der Waals surface area (Å²) in [6.45, 7) is 1.15. The molecule has 134 valence electrons. The second-order valence-electron chi connectivity index (χ2n) is 6.77. The number of halogens is 2. The molecule has 4 nitrogen and oxygen atoms in total. The largest absolute Gasteiger partial charge is 0.364 e. The Labute approximate surface area is 154 Å². The van der Waals surface area contributed by atoms with Crippen molar-refractivity contribution in [3.63, 3.8) is 0 Å². The zero-order valence-electron chi connectivity index (χ0n) is 13.8. The van der Waals surface area contributed by atoms with Crippen molar-refractivity contribution < 1.29 is 9.53 Å². The highest BCUT2D eigenvalue weighted by atomic mass is 35.5. The van der Waals surface area contributed by atoms with Crippen molar-refractivity contribution in [2.45, 2.75) is 56.1 Å². The minimum absolute atomic E-state index is 0. The van der Waals surface area contributed by atoms with Gasteiger partial charge in [-0.1, -0.05) is 36.6 Å². The van der Waals surface area contributed by atoms with Gasteiger partial charge in [0.1, 0.15) is 6.10 Å². The molecule has 1 amide bonds. The number of hydrogen-bond acceptors (Lipinski definition) is 3. The van der Waals surface area contributed by atoms with E-state index < -0.39 is 0 Å². The number of benzene rings is 1. The molecule has 3 N–H and O–H groups in total. The lowest BCUT2D eigenvalue weighted by Crippen LogP contribution is -2.43. The zero-order chi connectivity index (χ0) is 16.3. The molecule has 0 spiro atoms. The van der Waals surface area contributed by atoms with Crippen molar-refractivity contribution in [3.8, 4) is 0 Å². The molecule has 1 saturated carbocycles. The lowest BCUT2D eigenvalue weighted by atomic mass is 9.79. The third-order valence-electron chi connectivity index (χ3n) is 5.28. The van der Waals surface area contributed by atoms with Crippen molar-refractivity contribution >= 4 is 29.9 Å². The standard InChI is InChI=1S/C18H25ClN2O2.ClH/c19-14-5-3-13(4-6-14)18(9-1-2-10-18)12-21-17(22)16-8-7-15(11-20)23-16;/h3-6,15-16H,1-2,7-12,20H2,(H,21,22);1H/t15-,16+;/m1./s1. The highest BCUT2D eigenvalue weighted by Crippen LogP contribution is 2.41. The Kier molecular flexibility index (Phi) is 6.93. The van der Waals surface area contributed by atoms with E-state index in [1.54, 1.807) is 0 Å². The van der Waals surface area contributed by atoms with E-state index in [1.807, 2.05) is 12.1 Å². The second kappa shape index (κ2) is 8.52. The molecule has 0 radical (unpaired) electrons. The molecule has 1 aliphatic heterocycles. The van der Waals surface area contributed by atoms with Crippen LogP contribution in [-0.4, -0.2) is 31.2 Å². The number of nitrogens with two attached hydrogens (primary N) is 1. The molecule has 2 atom stereocenters. The smallest absolute Gasteiger partial charge is 0.249 e. The third kappa shape index (κ3) is 4.23. The SMILES string of the molecule is Cl.NC[C@H]1CC[C@@H](C(=O)NCC2(c3ccc(Cl)cc3)CCCC2)O1. The van der Waals surface area contributed by atoms with Crippen LogP contribution in [0.15, 0.2) is 24.3 Å². The van der Waals surface area contributed by atoms with Crippen LogP contribution >= 0.6 is 24.0 Å². The van der Waals surface area contributed by atoms with Crippen LogP contribution in [0.4, 0.5) is 0 Å². The first-order chi connectivity index (χ1) is 11.1. The Morgan fingerprint density at radius 1 is 1.25 bits per heavy atom. The van der Waals surface area contributed by atoms with Crippen LogP contribution in [0, 0.1) is 0 Å². The predicted molar refractivity (Wildman–Crippen MR) is 98.8 cm³/mol. The van der Waals surface area contributed by atoms with E-state index in [1.165, 1.54) is 18.4 Å². The maximum absolute atomic E-state index is 12.4. The lowest BCUT2D eigenvalue weighted by Gasteiger charge is -2.30. The van der Waals surface area contributed by atoms with Gasteiger partial charge in [-0.25, -0.2) is 0 Å². The first kappa shape index (κ1) is 19.5. The fraction of sp³-hybridized carbons (Fsp3) is 0.611. The van der Waals surface area contributed by atoms with Gasteiger partial charge in [-0.15, -0.1) is 12.4 Å². The van der Waals surface area contributed by atoms with Gasteiger partial charge in [0.25, 0.3) is 0 Å². The van der Waals surface area contributed by atoms with Crippen molar-refractivity contribution in [1.82, 2.24) is 5.32 Å². The molecule has 0 unspecified atom stereocenters. The maximum atomic E-state index is 12.4.